The van der Waals surface area contributed by atoms with Gasteiger partial charge in [0.25, 0.3) is 4.80 Å². The van der Waals surface area contributed by atoms with Crippen LogP contribution in [0.1, 0.15) is 45.1 Å². The molecule has 0 aliphatic heterocycles. The molecule has 2 nitrogen and oxygen atoms in total. The molecule has 0 saturated carbocycles. The highest BCUT2D eigenvalue weighted by Gasteiger charge is 2.15. The molecule has 0 spiro atoms. The first-order chi connectivity index (χ1) is 6.00. The minimum atomic E-state index is 0.410. The summed E-state index contributed by atoms with van der Waals surface area (Å²) in [6.07, 6.45) is 0.989. The number of rotatable bonds is 3. The van der Waals surface area contributed by atoms with E-state index in [1.807, 2.05) is 0 Å². The zero-order valence-electron chi connectivity index (χ0n) is 8.60. The van der Waals surface area contributed by atoms with Crippen LogP contribution in [0, 0.1) is 5.92 Å². The van der Waals surface area contributed by atoms with Gasteiger partial charge in [0.1, 0.15) is 5.76 Å². The highest BCUT2D eigenvalue weighted by Crippen LogP contribution is 2.25. The fraction of sp³-hybridized carbons (Fsp3) is 0.700. The number of hydrogen-bond donors (Lipinski definition) is 0. The molecule has 0 aliphatic carbocycles. The Bertz CT molecular complexity index is 278. The molecule has 0 atom stereocenters. The summed E-state index contributed by atoms with van der Waals surface area (Å²) < 4.78 is 5.48. The third-order valence-electron chi connectivity index (χ3n) is 1.83. The lowest BCUT2D eigenvalue weighted by Gasteiger charge is -2.05. The molecule has 1 aromatic rings. The number of oxazole rings is 1. The van der Waals surface area contributed by atoms with E-state index in [0.717, 1.165) is 17.9 Å². The van der Waals surface area contributed by atoms with Gasteiger partial charge in [-0.15, -0.1) is 0 Å². The van der Waals surface area contributed by atoms with Crippen LogP contribution in [0.2, 0.25) is 0 Å². The largest absolute Gasteiger partial charge is 0.436 e. The van der Waals surface area contributed by atoms with E-state index in [0.29, 0.717) is 16.6 Å². The van der Waals surface area contributed by atoms with Crippen molar-refractivity contribution >= 4 is 15.9 Å². The fourth-order valence-corrected chi connectivity index (χ4v) is 1.71. The van der Waals surface area contributed by atoms with E-state index >= 15 is 0 Å². The Morgan fingerprint density at radius 2 is 1.92 bits per heavy atom. The average Bonchev–Trinajstić information content (AvgIpc) is 2.29. The van der Waals surface area contributed by atoms with Crippen molar-refractivity contribution in [2.24, 2.45) is 5.92 Å². The minimum absolute atomic E-state index is 0.410. The van der Waals surface area contributed by atoms with Crippen LogP contribution < -0.4 is 0 Å². The number of halogens is 1. The van der Waals surface area contributed by atoms with Gasteiger partial charge in [-0.25, -0.2) is 4.98 Å². The maximum absolute atomic E-state index is 5.48. The smallest absolute Gasteiger partial charge is 0.264 e. The summed E-state index contributed by atoms with van der Waals surface area (Å²) in [6, 6.07) is 0. The van der Waals surface area contributed by atoms with Crippen molar-refractivity contribution in [3.05, 3.63) is 16.3 Å². The molecule has 0 radical (unpaired) electrons. The molecule has 0 aromatic carbocycles. The minimum Gasteiger partial charge on any atom is -0.436 e. The van der Waals surface area contributed by atoms with Gasteiger partial charge in [-0.2, -0.15) is 0 Å². The molecule has 3 heteroatoms. The van der Waals surface area contributed by atoms with Crippen molar-refractivity contribution < 1.29 is 4.42 Å². The fourth-order valence-electron chi connectivity index (χ4n) is 1.32. The second-order valence-corrected chi connectivity index (χ2v) is 4.71. The Morgan fingerprint density at radius 1 is 1.31 bits per heavy atom. The first kappa shape index (κ1) is 10.8. The van der Waals surface area contributed by atoms with Crippen molar-refractivity contribution in [2.45, 2.75) is 40.0 Å². The van der Waals surface area contributed by atoms with E-state index in [4.69, 9.17) is 4.42 Å². The van der Waals surface area contributed by atoms with Gasteiger partial charge in [-0.3, -0.25) is 0 Å². The first-order valence-electron chi connectivity index (χ1n) is 4.65. The standard InChI is InChI=1S/C10H16BrNO/c1-6(2)5-8-9(7(3)4)13-10(11)12-8/h6-7H,5H2,1-4H3. The zero-order chi connectivity index (χ0) is 10.0. The van der Waals surface area contributed by atoms with Crippen LogP contribution in [-0.2, 0) is 6.42 Å². The summed E-state index contributed by atoms with van der Waals surface area (Å²) in [4.78, 5) is 4.93. The van der Waals surface area contributed by atoms with E-state index in [1.54, 1.807) is 0 Å². The number of nitrogens with zero attached hydrogens (tertiary/aromatic N) is 1. The normalized spacial score (nSPS) is 11.6. The predicted octanol–water partition coefficient (Wildman–Crippen LogP) is 3.76. The highest BCUT2D eigenvalue weighted by atomic mass is 79.9. The van der Waals surface area contributed by atoms with Gasteiger partial charge in [0.15, 0.2) is 0 Å². The third kappa shape index (κ3) is 2.83. The lowest BCUT2D eigenvalue weighted by molar-refractivity contribution is 0.456. The Hall–Kier alpha value is -0.310. The summed E-state index contributed by atoms with van der Waals surface area (Å²) in [5, 5.41) is 0. The second-order valence-electron chi connectivity index (χ2n) is 4.03. The molecule has 13 heavy (non-hydrogen) atoms. The molecule has 0 fully saturated rings. The summed E-state index contributed by atoms with van der Waals surface area (Å²) >= 11 is 3.26. The lowest BCUT2D eigenvalue weighted by Crippen LogP contribution is -1.99. The van der Waals surface area contributed by atoms with Crippen LogP contribution in [-0.4, -0.2) is 4.98 Å². The van der Waals surface area contributed by atoms with Crippen LogP contribution in [0.4, 0.5) is 0 Å². The Kier molecular flexibility index (Phi) is 3.54. The number of hydrogen-bond acceptors (Lipinski definition) is 2. The van der Waals surface area contributed by atoms with Crippen molar-refractivity contribution in [1.29, 1.82) is 0 Å². The lowest BCUT2D eigenvalue weighted by atomic mass is 10.0. The molecular weight excluding hydrogens is 230 g/mol. The molecule has 1 heterocycles. The van der Waals surface area contributed by atoms with E-state index in [2.05, 4.69) is 48.6 Å². The van der Waals surface area contributed by atoms with Gasteiger partial charge < -0.3 is 4.42 Å². The summed E-state index contributed by atoms with van der Waals surface area (Å²) in [5.74, 6) is 2.04. The summed E-state index contributed by atoms with van der Waals surface area (Å²) in [7, 11) is 0. The summed E-state index contributed by atoms with van der Waals surface area (Å²) in [5.41, 5.74) is 1.09. The van der Waals surface area contributed by atoms with Crippen molar-refractivity contribution in [3.8, 4) is 0 Å². The molecule has 0 unspecified atom stereocenters. The van der Waals surface area contributed by atoms with E-state index in [-0.39, 0.29) is 0 Å². The maximum atomic E-state index is 5.48. The molecule has 0 aliphatic rings. The maximum Gasteiger partial charge on any atom is 0.264 e. The SMILES string of the molecule is CC(C)Cc1nc(Br)oc1C(C)C. The molecule has 1 aromatic heterocycles. The topological polar surface area (TPSA) is 26.0 Å². The average molecular weight is 246 g/mol. The molecule has 0 saturated heterocycles. The van der Waals surface area contributed by atoms with E-state index in [1.165, 1.54) is 0 Å². The number of aromatic nitrogens is 1. The molecule has 1 rings (SSSR count). The van der Waals surface area contributed by atoms with Crippen molar-refractivity contribution in [2.75, 3.05) is 0 Å². The predicted molar refractivity (Wildman–Crippen MR) is 56.8 cm³/mol. The Balaban J connectivity index is 2.91. The zero-order valence-corrected chi connectivity index (χ0v) is 10.2. The van der Waals surface area contributed by atoms with Gasteiger partial charge in [0.05, 0.1) is 5.69 Å². The van der Waals surface area contributed by atoms with Crippen molar-refractivity contribution in [3.63, 3.8) is 0 Å². The van der Waals surface area contributed by atoms with Crippen LogP contribution in [0.3, 0.4) is 0 Å². The van der Waals surface area contributed by atoms with Crippen LogP contribution >= 0.6 is 15.9 Å². The second kappa shape index (κ2) is 4.27. The third-order valence-corrected chi connectivity index (χ3v) is 2.17. The first-order valence-corrected chi connectivity index (χ1v) is 5.45. The van der Waals surface area contributed by atoms with Crippen LogP contribution in [0.5, 0.6) is 0 Å². The monoisotopic (exact) mass is 245 g/mol. The van der Waals surface area contributed by atoms with E-state index in [9.17, 15) is 0 Å². The van der Waals surface area contributed by atoms with Crippen LogP contribution in [0.15, 0.2) is 9.22 Å². The summed E-state index contributed by atoms with van der Waals surface area (Å²) in [6.45, 7) is 8.62. The molecule has 0 bridgehead atoms. The van der Waals surface area contributed by atoms with Gasteiger partial charge in [-0.05, 0) is 12.3 Å². The molecule has 74 valence electrons. The van der Waals surface area contributed by atoms with Gasteiger partial charge in [0, 0.05) is 21.8 Å². The quantitative estimate of drug-likeness (QED) is 0.811. The molecular formula is C10H16BrNO. The van der Waals surface area contributed by atoms with Gasteiger partial charge >= 0.3 is 0 Å². The van der Waals surface area contributed by atoms with Gasteiger partial charge in [0.2, 0.25) is 0 Å². The highest BCUT2D eigenvalue weighted by molar-refractivity contribution is 9.10. The van der Waals surface area contributed by atoms with Crippen molar-refractivity contribution in [1.82, 2.24) is 4.98 Å². The molecule has 0 amide bonds. The van der Waals surface area contributed by atoms with Crippen LogP contribution in [0.25, 0.3) is 0 Å². The molecule has 0 N–H and O–H groups in total. The van der Waals surface area contributed by atoms with Gasteiger partial charge in [-0.1, -0.05) is 27.7 Å². The Labute approximate surface area is 87.9 Å². The van der Waals surface area contributed by atoms with E-state index < -0.39 is 0 Å². The Morgan fingerprint density at radius 3 is 2.38 bits per heavy atom.